The highest BCUT2D eigenvalue weighted by Crippen LogP contribution is 2.25. The first-order valence-corrected chi connectivity index (χ1v) is 8.84. The van der Waals surface area contributed by atoms with Gasteiger partial charge in [0.15, 0.2) is 0 Å². The smallest absolute Gasteiger partial charge is 0.276 e. The normalized spacial score (nSPS) is 10.8. The van der Waals surface area contributed by atoms with Crippen molar-refractivity contribution >= 4 is 11.8 Å². The lowest BCUT2D eigenvalue weighted by Gasteiger charge is -2.10. The van der Waals surface area contributed by atoms with E-state index in [0.717, 1.165) is 28.2 Å². The van der Waals surface area contributed by atoms with Gasteiger partial charge in [-0.2, -0.15) is 0 Å². The van der Waals surface area contributed by atoms with Gasteiger partial charge in [-0.15, -0.1) is 10.2 Å². The molecule has 2 aromatic carbocycles. The van der Waals surface area contributed by atoms with E-state index >= 15 is 0 Å². The molecule has 5 heteroatoms. The van der Waals surface area contributed by atoms with E-state index in [1.165, 1.54) is 17.3 Å². The summed E-state index contributed by atoms with van der Waals surface area (Å²) in [5.74, 6) is 2.26. The highest BCUT2D eigenvalue weighted by Gasteiger charge is 2.09. The van der Waals surface area contributed by atoms with Gasteiger partial charge in [-0.3, -0.25) is 0 Å². The van der Waals surface area contributed by atoms with Crippen molar-refractivity contribution in [1.29, 1.82) is 0 Å². The Hall–Kier alpha value is -2.27. The van der Waals surface area contributed by atoms with Crippen molar-refractivity contribution < 1.29 is 9.15 Å². The Bertz CT molecular complexity index is 792. The van der Waals surface area contributed by atoms with Crippen LogP contribution in [0.5, 0.6) is 5.75 Å². The Morgan fingerprint density at radius 2 is 1.67 bits per heavy atom. The molecule has 3 rings (SSSR count). The monoisotopic (exact) mass is 340 g/mol. The molecule has 0 saturated heterocycles. The van der Waals surface area contributed by atoms with E-state index in [-0.39, 0.29) is 0 Å². The van der Waals surface area contributed by atoms with E-state index in [0.29, 0.717) is 17.7 Å². The van der Waals surface area contributed by atoms with E-state index in [1.54, 1.807) is 0 Å². The van der Waals surface area contributed by atoms with Crippen LogP contribution in [-0.2, 0) is 0 Å². The maximum Gasteiger partial charge on any atom is 0.276 e. The van der Waals surface area contributed by atoms with Crippen LogP contribution in [0.15, 0.2) is 52.1 Å². The molecule has 124 valence electrons. The predicted molar refractivity (Wildman–Crippen MR) is 96.6 cm³/mol. The standard InChI is InChI=1S/C19H20N2O2S/c1-13-7-9-16(10-8-13)18-20-21-19(23-18)24-12-11-22-17-14(2)5-4-6-15(17)3/h4-10H,11-12H2,1-3H3. The molecule has 0 N–H and O–H groups in total. The lowest BCUT2D eigenvalue weighted by Crippen LogP contribution is -2.02. The number of benzene rings is 2. The molecule has 0 saturated carbocycles. The number of hydrogen-bond donors (Lipinski definition) is 0. The summed E-state index contributed by atoms with van der Waals surface area (Å²) < 4.78 is 11.6. The summed E-state index contributed by atoms with van der Waals surface area (Å²) in [4.78, 5) is 0. The van der Waals surface area contributed by atoms with E-state index in [2.05, 4.69) is 43.1 Å². The number of nitrogens with zero attached hydrogens (tertiary/aromatic N) is 2. The Balaban J connectivity index is 1.53. The minimum Gasteiger partial charge on any atom is -0.492 e. The summed E-state index contributed by atoms with van der Waals surface area (Å²) in [7, 11) is 0. The van der Waals surface area contributed by atoms with Gasteiger partial charge in [0, 0.05) is 11.3 Å². The van der Waals surface area contributed by atoms with Crippen LogP contribution >= 0.6 is 11.8 Å². The van der Waals surface area contributed by atoms with Gasteiger partial charge in [0.05, 0.1) is 6.61 Å². The highest BCUT2D eigenvalue weighted by molar-refractivity contribution is 7.99. The topological polar surface area (TPSA) is 48.2 Å². The lowest BCUT2D eigenvalue weighted by molar-refractivity contribution is 0.338. The van der Waals surface area contributed by atoms with Crippen LogP contribution in [0.25, 0.3) is 11.5 Å². The Morgan fingerprint density at radius 3 is 2.38 bits per heavy atom. The van der Waals surface area contributed by atoms with Crippen LogP contribution in [-0.4, -0.2) is 22.6 Å². The predicted octanol–water partition coefficient (Wildman–Crippen LogP) is 4.83. The van der Waals surface area contributed by atoms with Gasteiger partial charge in [0.25, 0.3) is 5.22 Å². The molecule has 0 aliphatic rings. The largest absolute Gasteiger partial charge is 0.492 e. The van der Waals surface area contributed by atoms with Crippen molar-refractivity contribution in [3.8, 4) is 17.2 Å². The van der Waals surface area contributed by atoms with Gasteiger partial charge in [-0.1, -0.05) is 47.7 Å². The molecule has 24 heavy (non-hydrogen) atoms. The summed E-state index contributed by atoms with van der Waals surface area (Å²) in [6.45, 7) is 6.76. The zero-order valence-electron chi connectivity index (χ0n) is 14.1. The van der Waals surface area contributed by atoms with Crippen molar-refractivity contribution in [2.24, 2.45) is 0 Å². The Kier molecular flexibility index (Phi) is 5.20. The second-order valence-electron chi connectivity index (χ2n) is 5.66. The quantitative estimate of drug-likeness (QED) is 0.475. The second-order valence-corrected chi connectivity index (χ2v) is 6.70. The van der Waals surface area contributed by atoms with Crippen LogP contribution in [0, 0.1) is 20.8 Å². The van der Waals surface area contributed by atoms with Crippen LogP contribution in [0.3, 0.4) is 0 Å². The maximum absolute atomic E-state index is 5.88. The first kappa shape index (κ1) is 16.6. The van der Waals surface area contributed by atoms with E-state index in [9.17, 15) is 0 Å². The Labute approximate surface area is 146 Å². The average molecular weight is 340 g/mol. The van der Waals surface area contributed by atoms with Crippen LogP contribution < -0.4 is 4.74 Å². The number of aryl methyl sites for hydroxylation is 3. The van der Waals surface area contributed by atoms with Crippen molar-refractivity contribution in [2.75, 3.05) is 12.4 Å². The van der Waals surface area contributed by atoms with Crippen molar-refractivity contribution in [1.82, 2.24) is 10.2 Å². The third-order valence-electron chi connectivity index (χ3n) is 3.67. The molecule has 0 fully saturated rings. The zero-order valence-corrected chi connectivity index (χ0v) is 14.9. The second kappa shape index (κ2) is 7.53. The number of rotatable bonds is 6. The van der Waals surface area contributed by atoms with Crippen molar-refractivity contribution in [3.63, 3.8) is 0 Å². The number of ether oxygens (including phenoxy) is 1. The summed E-state index contributed by atoms with van der Waals surface area (Å²) >= 11 is 1.50. The fourth-order valence-corrected chi connectivity index (χ4v) is 2.96. The van der Waals surface area contributed by atoms with Crippen LogP contribution in [0.1, 0.15) is 16.7 Å². The molecule has 0 aliphatic heterocycles. The number of thioether (sulfide) groups is 1. The molecule has 0 atom stereocenters. The maximum atomic E-state index is 5.88. The molecule has 0 radical (unpaired) electrons. The molecule has 0 spiro atoms. The highest BCUT2D eigenvalue weighted by atomic mass is 32.2. The van der Waals surface area contributed by atoms with E-state index in [1.807, 2.05) is 30.3 Å². The molecule has 3 aromatic rings. The minimum atomic E-state index is 0.549. The fourth-order valence-electron chi connectivity index (χ4n) is 2.38. The molecule has 0 bridgehead atoms. The minimum absolute atomic E-state index is 0.549. The molecule has 0 unspecified atom stereocenters. The zero-order chi connectivity index (χ0) is 16.9. The van der Waals surface area contributed by atoms with Crippen LogP contribution in [0.4, 0.5) is 0 Å². The fraction of sp³-hybridized carbons (Fsp3) is 0.263. The van der Waals surface area contributed by atoms with Crippen molar-refractivity contribution in [2.45, 2.75) is 26.0 Å². The third-order valence-corrected chi connectivity index (χ3v) is 4.45. The van der Waals surface area contributed by atoms with Gasteiger partial charge in [0.1, 0.15) is 5.75 Å². The third kappa shape index (κ3) is 3.97. The summed E-state index contributed by atoms with van der Waals surface area (Å²) in [5.41, 5.74) is 4.45. The van der Waals surface area contributed by atoms with Gasteiger partial charge in [-0.05, 0) is 44.0 Å². The first-order chi connectivity index (χ1) is 11.6. The van der Waals surface area contributed by atoms with Gasteiger partial charge in [-0.25, -0.2) is 0 Å². The molecule has 0 amide bonds. The average Bonchev–Trinajstić information content (AvgIpc) is 3.03. The van der Waals surface area contributed by atoms with Crippen molar-refractivity contribution in [3.05, 3.63) is 59.2 Å². The van der Waals surface area contributed by atoms with Gasteiger partial charge >= 0.3 is 0 Å². The first-order valence-electron chi connectivity index (χ1n) is 7.86. The Morgan fingerprint density at radius 1 is 0.958 bits per heavy atom. The summed E-state index contributed by atoms with van der Waals surface area (Å²) in [6, 6.07) is 14.2. The summed E-state index contributed by atoms with van der Waals surface area (Å²) in [6.07, 6.45) is 0. The molecule has 0 aliphatic carbocycles. The van der Waals surface area contributed by atoms with Gasteiger partial charge in [0.2, 0.25) is 5.89 Å². The molecule has 4 nitrogen and oxygen atoms in total. The van der Waals surface area contributed by atoms with E-state index < -0.39 is 0 Å². The van der Waals surface area contributed by atoms with Gasteiger partial charge < -0.3 is 9.15 Å². The van der Waals surface area contributed by atoms with Crippen LogP contribution in [0.2, 0.25) is 0 Å². The molecule has 1 heterocycles. The summed E-state index contributed by atoms with van der Waals surface area (Å²) in [5, 5.41) is 8.75. The molecule has 1 aromatic heterocycles. The van der Waals surface area contributed by atoms with E-state index in [4.69, 9.17) is 9.15 Å². The number of aromatic nitrogens is 2. The molecular weight excluding hydrogens is 320 g/mol. The lowest BCUT2D eigenvalue weighted by atomic mass is 10.1. The number of para-hydroxylation sites is 1. The molecular formula is C19H20N2O2S. The number of hydrogen-bond acceptors (Lipinski definition) is 5. The SMILES string of the molecule is Cc1ccc(-c2nnc(SCCOc3c(C)cccc3C)o2)cc1.